The second kappa shape index (κ2) is 11.6. The van der Waals surface area contributed by atoms with E-state index in [9.17, 15) is 4.79 Å². The van der Waals surface area contributed by atoms with E-state index in [-0.39, 0.29) is 12.5 Å². The zero-order valence-electron chi connectivity index (χ0n) is 20.5. The number of aromatic nitrogens is 4. The molecule has 1 aliphatic carbocycles. The van der Waals surface area contributed by atoms with Gasteiger partial charge < -0.3 is 15.4 Å². The predicted octanol–water partition coefficient (Wildman–Crippen LogP) is 6.34. The van der Waals surface area contributed by atoms with Gasteiger partial charge in [-0.3, -0.25) is 4.79 Å². The van der Waals surface area contributed by atoms with Crippen LogP contribution in [0.25, 0.3) is 22.5 Å². The number of carbonyl (C=O) groups excluding carboxylic acids is 1. The van der Waals surface area contributed by atoms with Crippen LogP contribution in [0.1, 0.15) is 30.5 Å². The van der Waals surface area contributed by atoms with Crippen LogP contribution < -0.4 is 15.4 Å². The molecule has 1 aliphatic heterocycles. The molecule has 2 aliphatic rings. The number of carbonyl (C=O) groups is 1. The molecule has 0 bridgehead atoms. The summed E-state index contributed by atoms with van der Waals surface area (Å²) in [6.45, 7) is 0.00366. The molecule has 1 atom stereocenters. The lowest BCUT2D eigenvalue weighted by Crippen LogP contribution is -2.41. The van der Waals surface area contributed by atoms with Gasteiger partial charge in [0.15, 0.2) is 12.4 Å². The van der Waals surface area contributed by atoms with Crippen molar-refractivity contribution >= 4 is 57.6 Å². The van der Waals surface area contributed by atoms with Gasteiger partial charge in [0.25, 0.3) is 5.91 Å². The lowest BCUT2D eigenvalue weighted by Gasteiger charge is -2.26. The van der Waals surface area contributed by atoms with Crippen molar-refractivity contribution in [2.24, 2.45) is 0 Å². The van der Waals surface area contributed by atoms with Gasteiger partial charge in [0.2, 0.25) is 0 Å². The van der Waals surface area contributed by atoms with E-state index < -0.39 is 0 Å². The third-order valence-corrected chi connectivity index (χ3v) is 9.53. The molecule has 1 saturated carbocycles. The Balaban J connectivity index is 1.19. The second-order valence-electron chi connectivity index (χ2n) is 9.29. The topological polar surface area (TPSA) is 94.0 Å². The van der Waals surface area contributed by atoms with Crippen LogP contribution in [0.5, 0.6) is 5.75 Å². The summed E-state index contributed by atoms with van der Waals surface area (Å²) in [6.07, 6.45) is 7.84. The summed E-state index contributed by atoms with van der Waals surface area (Å²) in [5, 5.41) is 10.9. The van der Waals surface area contributed by atoms with Crippen LogP contribution in [0.3, 0.4) is 0 Å². The van der Waals surface area contributed by atoms with E-state index in [2.05, 4.69) is 68.2 Å². The van der Waals surface area contributed by atoms with Crippen LogP contribution in [0, 0.1) is 0 Å². The van der Waals surface area contributed by atoms with Crippen molar-refractivity contribution in [3.8, 4) is 28.3 Å². The van der Waals surface area contributed by atoms with Crippen molar-refractivity contribution in [2.75, 3.05) is 11.9 Å². The zero-order chi connectivity index (χ0) is 25.9. The molecule has 0 spiro atoms. The van der Waals surface area contributed by atoms with E-state index in [1.807, 2.05) is 46.7 Å². The Kier molecular flexibility index (Phi) is 7.80. The van der Waals surface area contributed by atoms with E-state index in [0.717, 1.165) is 63.8 Å². The number of benzene rings is 2. The molecule has 2 aromatic heterocycles. The molecule has 194 valence electrons. The van der Waals surface area contributed by atoms with Crippen LogP contribution in [0.4, 0.5) is 11.5 Å². The number of nitrogens with zero attached hydrogens (tertiary/aromatic N) is 4. The Morgan fingerprint density at radius 3 is 2.74 bits per heavy atom. The van der Waals surface area contributed by atoms with Crippen LogP contribution in [-0.4, -0.2) is 38.1 Å². The molecule has 0 saturated heterocycles. The highest BCUT2D eigenvalue weighted by Crippen LogP contribution is 2.36. The van der Waals surface area contributed by atoms with Crippen LogP contribution in [-0.2, 0) is 16.3 Å². The average Bonchev–Trinajstić information content (AvgIpc) is 3.60. The summed E-state index contributed by atoms with van der Waals surface area (Å²) in [6, 6.07) is 16.3. The Bertz CT molecular complexity index is 1460. The number of rotatable bonds is 9. The van der Waals surface area contributed by atoms with E-state index >= 15 is 0 Å². The number of ether oxygens (including phenoxy) is 1. The van der Waals surface area contributed by atoms with E-state index in [1.54, 1.807) is 0 Å². The van der Waals surface area contributed by atoms with Crippen molar-refractivity contribution < 1.29 is 9.53 Å². The minimum Gasteiger partial charge on any atom is -0.484 e. The number of amides is 1. The van der Waals surface area contributed by atoms with Crippen molar-refractivity contribution in [1.82, 2.24) is 24.8 Å². The van der Waals surface area contributed by atoms with E-state index in [4.69, 9.17) is 14.7 Å². The van der Waals surface area contributed by atoms with Gasteiger partial charge in [-0.2, -0.15) is 16.9 Å². The van der Waals surface area contributed by atoms with Crippen molar-refractivity contribution in [3.05, 3.63) is 72.2 Å². The fraction of sp³-hybridized carbons (Fsp3) is 0.259. The fourth-order valence-electron chi connectivity index (χ4n) is 4.38. The SMILES string of the molecule is O=C(COc1cccc(-c2nc3c(c(Nc4ccc(-c5cnn(PI)c5)cc4)n2)CSC3)c1)NC1CCC1. The summed E-state index contributed by atoms with van der Waals surface area (Å²) < 4.78 is 7.72. The summed E-state index contributed by atoms with van der Waals surface area (Å²) in [4.78, 5) is 21.9. The predicted molar refractivity (Wildman–Crippen MR) is 162 cm³/mol. The highest BCUT2D eigenvalue weighted by molar-refractivity contribution is 14.2. The number of nitrogens with one attached hydrogen (secondary N) is 2. The summed E-state index contributed by atoms with van der Waals surface area (Å²) in [7, 11) is 0. The monoisotopic (exact) mass is 656 g/mol. The molecule has 8 nitrogen and oxygen atoms in total. The van der Waals surface area contributed by atoms with Gasteiger partial charge in [-0.25, -0.2) is 14.4 Å². The van der Waals surface area contributed by atoms with Gasteiger partial charge in [0, 0.05) is 46.1 Å². The van der Waals surface area contributed by atoms with Gasteiger partial charge in [-0.15, -0.1) is 0 Å². The minimum absolute atomic E-state index is 0.00366. The first-order valence-corrected chi connectivity index (χ1v) is 17.6. The van der Waals surface area contributed by atoms with E-state index in [0.29, 0.717) is 24.0 Å². The van der Waals surface area contributed by atoms with Crippen LogP contribution in [0.15, 0.2) is 60.9 Å². The van der Waals surface area contributed by atoms with Crippen molar-refractivity contribution in [3.63, 3.8) is 0 Å². The Hall–Kier alpha value is -2.69. The second-order valence-corrected chi connectivity index (χ2v) is 12.3. The normalized spacial score (nSPS) is 14.9. The molecule has 1 amide bonds. The zero-order valence-corrected chi connectivity index (χ0v) is 24.5. The number of fused-ring (bicyclic) bond motifs is 1. The Morgan fingerprint density at radius 1 is 1.11 bits per heavy atom. The fourth-order valence-corrected chi connectivity index (χ4v) is 6.50. The largest absolute Gasteiger partial charge is 0.484 e. The van der Waals surface area contributed by atoms with Gasteiger partial charge in [-0.1, -0.05) is 24.3 Å². The maximum atomic E-state index is 12.2. The molecular formula is C27H26IN6O2PS. The molecule has 6 rings (SSSR count). The number of hydrogen-bond acceptors (Lipinski definition) is 7. The average molecular weight is 656 g/mol. The highest BCUT2D eigenvalue weighted by Gasteiger charge is 2.22. The van der Waals surface area contributed by atoms with Crippen LogP contribution >= 0.6 is 40.2 Å². The molecule has 1 unspecified atom stereocenters. The first-order chi connectivity index (χ1) is 18.6. The lowest BCUT2D eigenvalue weighted by atomic mass is 9.93. The maximum absolute atomic E-state index is 12.2. The molecular weight excluding hydrogens is 630 g/mol. The van der Waals surface area contributed by atoms with Crippen LogP contribution in [0.2, 0.25) is 0 Å². The van der Waals surface area contributed by atoms with Gasteiger partial charge in [0.1, 0.15) is 11.6 Å². The highest BCUT2D eigenvalue weighted by atomic mass is 127. The molecule has 2 aromatic carbocycles. The molecule has 4 aromatic rings. The Morgan fingerprint density at radius 2 is 1.97 bits per heavy atom. The number of thioether (sulfide) groups is 1. The third kappa shape index (κ3) is 5.82. The summed E-state index contributed by atoms with van der Waals surface area (Å²) in [5.41, 5.74) is 6.25. The van der Waals surface area contributed by atoms with Crippen molar-refractivity contribution in [1.29, 1.82) is 0 Å². The van der Waals surface area contributed by atoms with Gasteiger partial charge in [0.05, 0.1) is 18.3 Å². The van der Waals surface area contributed by atoms with Crippen molar-refractivity contribution in [2.45, 2.75) is 36.8 Å². The third-order valence-electron chi connectivity index (χ3n) is 6.66. The molecule has 11 heteroatoms. The maximum Gasteiger partial charge on any atom is 0.258 e. The summed E-state index contributed by atoms with van der Waals surface area (Å²) >= 11 is 4.16. The molecule has 1 fully saturated rings. The Labute approximate surface area is 240 Å². The first-order valence-electron chi connectivity index (χ1n) is 12.4. The molecule has 38 heavy (non-hydrogen) atoms. The number of halogens is 1. The van der Waals surface area contributed by atoms with E-state index in [1.165, 1.54) is 6.42 Å². The lowest BCUT2D eigenvalue weighted by molar-refractivity contribution is -0.124. The van der Waals surface area contributed by atoms with Gasteiger partial charge >= 0.3 is 0 Å². The van der Waals surface area contributed by atoms with Gasteiger partial charge in [-0.05, 0) is 71.1 Å². The smallest absolute Gasteiger partial charge is 0.258 e. The first kappa shape index (κ1) is 25.6. The number of anilines is 2. The quantitative estimate of drug-likeness (QED) is 0.161. The molecule has 0 radical (unpaired) electrons. The molecule has 2 N–H and O–H groups in total. The number of hydrogen-bond donors (Lipinski definition) is 2. The minimum atomic E-state index is -0.0809. The standard InChI is InChI=1S/C27H26IN6O2PS/c28-37-34-13-19(12-29-34)17-7-9-21(10-8-17)31-27-23-15-38-16-24(23)32-26(33-27)18-3-1-6-22(11-18)36-14-25(35)30-20-4-2-5-20/h1,3,6-13,20,37H,2,4-5,14-16H2,(H,30,35)(H,31,32,33). The summed E-state index contributed by atoms with van der Waals surface area (Å²) in [5.74, 6) is 3.75. The molecule has 3 heterocycles.